The standard InChI is InChI=1S/C15H19NO3/c17-14(18)10-11-6-8-13(9-7-11)16-15(19)12-4-2-1-3-5-12/h1-5,11,13H,6-10H2,(H,16,19)(H,17,18). The molecule has 1 aromatic rings. The lowest BCUT2D eigenvalue weighted by atomic mass is 9.84. The summed E-state index contributed by atoms with van der Waals surface area (Å²) in [5, 5.41) is 11.8. The highest BCUT2D eigenvalue weighted by molar-refractivity contribution is 5.94. The maximum Gasteiger partial charge on any atom is 0.303 e. The maximum atomic E-state index is 12.0. The first-order valence-electron chi connectivity index (χ1n) is 6.73. The number of hydrogen-bond acceptors (Lipinski definition) is 2. The molecule has 19 heavy (non-hydrogen) atoms. The number of benzene rings is 1. The predicted molar refractivity (Wildman–Crippen MR) is 71.9 cm³/mol. The molecular formula is C15H19NO3. The highest BCUT2D eigenvalue weighted by atomic mass is 16.4. The van der Waals surface area contributed by atoms with Gasteiger partial charge in [-0.2, -0.15) is 0 Å². The number of hydrogen-bond donors (Lipinski definition) is 2. The van der Waals surface area contributed by atoms with E-state index in [0.717, 1.165) is 25.7 Å². The minimum atomic E-state index is -0.725. The average Bonchev–Trinajstić information content (AvgIpc) is 2.41. The Bertz CT molecular complexity index is 436. The van der Waals surface area contributed by atoms with Crippen LogP contribution in [0.2, 0.25) is 0 Å². The summed E-state index contributed by atoms with van der Waals surface area (Å²) < 4.78 is 0. The van der Waals surface area contributed by atoms with Crippen molar-refractivity contribution in [2.45, 2.75) is 38.1 Å². The molecular weight excluding hydrogens is 242 g/mol. The molecule has 0 saturated heterocycles. The molecule has 1 aromatic carbocycles. The van der Waals surface area contributed by atoms with Crippen LogP contribution in [0.3, 0.4) is 0 Å². The van der Waals surface area contributed by atoms with Gasteiger partial charge in [-0.3, -0.25) is 9.59 Å². The van der Waals surface area contributed by atoms with E-state index in [2.05, 4.69) is 5.32 Å². The van der Waals surface area contributed by atoms with Gasteiger partial charge in [-0.15, -0.1) is 0 Å². The normalized spacial score (nSPS) is 22.7. The van der Waals surface area contributed by atoms with Crippen molar-refractivity contribution in [1.82, 2.24) is 5.32 Å². The Morgan fingerprint density at radius 3 is 2.32 bits per heavy atom. The second-order valence-electron chi connectivity index (χ2n) is 5.15. The molecule has 0 unspecified atom stereocenters. The van der Waals surface area contributed by atoms with Gasteiger partial charge in [-0.1, -0.05) is 18.2 Å². The van der Waals surface area contributed by atoms with E-state index in [1.165, 1.54) is 0 Å². The van der Waals surface area contributed by atoms with Crippen molar-refractivity contribution in [3.63, 3.8) is 0 Å². The second-order valence-corrected chi connectivity index (χ2v) is 5.15. The summed E-state index contributed by atoms with van der Waals surface area (Å²) in [6.07, 6.45) is 3.75. The smallest absolute Gasteiger partial charge is 0.303 e. The molecule has 4 nitrogen and oxygen atoms in total. The van der Waals surface area contributed by atoms with Crippen molar-refractivity contribution in [2.75, 3.05) is 0 Å². The molecule has 1 fully saturated rings. The highest BCUT2D eigenvalue weighted by Crippen LogP contribution is 2.26. The monoisotopic (exact) mass is 261 g/mol. The molecule has 2 rings (SSSR count). The Labute approximate surface area is 112 Å². The Morgan fingerprint density at radius 2 is 1.74 bits per heavy atom. The lowest BCUT2D eigenvalue weighted by Gasteiger charge is -2.28. The van der Waals surface area contributed by atoms with E-state index in [1.54, 1.807) is 12.1 Å². The first-order chi connectivity index (χ1) is 9.15. The van der Waals surface area contributed by atoms with E-state index < -0.39 is 5.97 Å². The zero-order chi connectivity index (χ0) is 13.7. The summed E-state index contributed by atoms with van der Waals surface area (Å²) in [4.78, 5) is 22.6. The molecule has 1 aliphatic rings. The van der Waals surface area contributed by atoms with Crippen LogP contribution in [0.1, 0.15) is 42.5 Å². The molecule has 102 valence electrons. The van der Waals surface area contributed by atoms with E-state index in [4.69, 9.17) is 5.11 Å². The zero-order valence-corrected chi connectivity index (χ0v) is 10.8. The summed E-state index contributed by atoms with van der Waals surface area (Å²) in [5.74, 6) is -0.499. The fourth-order valence-electron chi connectivity index (χ4n) is 2.62. The fraction of sp³-hybridized carbons (Fsp3) is 0.467. The van der Waals surface area contributed by atoms with Gasteiger partial charge in [0.15, 0.2) is 0 Å². The molecule has 1 aliphatic carbocycles. The largest absolute Gasteiger partial charge is 0.481 e. The number of aliphatic carboxylic acids is 1. The number of carbonyl (C=O) groups is 2. The molecule has 0 aromatic heterocycles. The van der Waals surface area contributed by atoms with Crippen molar-refractivity contribution in [1.29, 1.82) is 0 Å². The van der Waals surface area contributed by atoms with Crippen LogP contribution in [0.4, 0.5) is 0 Å². The quantitative estimate of drug-likeness (QED) is 0.874. The number of carbonyl (C=O) groups excluding carboxylic acids is 1. The van der Waals surface area contributed by atoms with Crippen molar-refractivity contribution >= 4 is 11.9 Å². The Hall–Kier alpha value is -1.84. The van der Waals surface area contributed by atoms with Crippen LogP contribution in [0.15, 0.2) is 30.3 Å². The molecule has 0 atom stereocenters. The van der Waals surface area contributed by atoms with Crippen LogP contribution in [-0.4, -0.2) is 23.0 Å². The summed E-state index contributed by atoms with van der Waals surface area (Å²) >= 11 is 0. The molecule has 0 spiro atoms. The van der Waals surface area contributed by atoms with Gasteiger partial charge in [0.05, 0.1) is 0 Å². The van der Waals surface area contributed by atoms with Crippen molar-refractivity contribution in [2.24, 2.45) is 5.92 Å². The Balaban J connectivity index is 1.80. The Morgan fingerprint density at radius 1 is 1.11 bits per heavy atom. The molecule has 0 bridgehead atoms. The lowest BCUT2D eigenvalue weighted by Crippen LogP contribution is -2.37. The number of rotatable bonds is 4. The van der Waals surface area contributed by atoms with Crippen LogP contribution in [0.5, 0.6) is 0 Å². The third-order valence-corrected chi connectivity index (χ3v) is 3.68. The van der Waals surface area contributed by atoms with Gasteiger partial charge < -0.3 is 10.4 Å². The van der Waals surface area contributed by atoms with Gasteiger partial charge in [0.25, 0.3) is 5.91 Å². The van der Waals surface area contributed by atoms with Gasteiger partial charge in [0.1, 0.15) is 0 Å². The van der Waals surface area contributed by atoms with E-state index in [1.807, 2.05) is 18.2 Å². The summed E-state index contributed by atoms with van der Waals surface area (Å²) in [7, 11) is 0. The Kier molecular flexibility index (Phi) is 4.55. The third-order valence-electron chi connectivity index (χ3n) is 3.68. The predicted octanol–water partition coefficient (Wildman–Crippen LogP) is 2.45. The third kappa shape index (κ3) is 4.09. The summed E-state index contributed by atoms with van der Waals surface area (Å²) in [6.45, 7) is 0. The van der Waals surface area contributed by atoms with Crippen LogP contribution >= 0.6 is 0 Å². The highest BCUT2D eigenvalue weighted by Gasteiger charge is 2.24. The molecule has 0 aliphatic heterocycles. The topological polar surface area (TPSA) is 66.4 Å². The second kappa shape index (κ2) is 6.36. The molecule has 0 heterocycles. The molecule has 1 amide bonds. The number of carboxylic acids is 1. The number of nitrogens with one attached hydrogen (secondary N) is 1. The molecule has 2 N–H and O–H groups in total. The minimum Gasteiger partial charge on any atom is -0.481 e. The van der Waals surface area contributed by atoms with Gasteiger partial charge in [-0.25, -0.2) is 0 Å². The first-order valence-corrected chi connectivity index (χ1v) is 6.73. The van der Waals surface area contributed by atoms with Crippen molar-refractivity contribution in [3.8, 4) is 0 Å². The first kappa shape index (κ1) is 13.6. The molecule has 1 saturated carbocycles. The van der Waals surface area contributed by atoms with Crippen molar-refractivity contribution < 1.29 is 14.7 Å². The van der Waals surface area contributed by atoms with Gasteiger partial charge in [0, 0.05) is 18.0 Å². The average molecular weight is 261 g/mol. The van der Waals surface area contributed by atoms with E-state index in [9.17, 15) is 9.59 Å². The lowest BCUT2D eigenvalue weighted by molar-refractivity contribution is -0.138. The summed E-state index contributed by atoms with van der Waals surface area (Å²) in [6, 6.07) is 9.35. The van der Waals surface area contributed by atoms with Crippen LogP contribution in [0, 0.1) is 5.92 Å². The molecule has 0 radical (unpaired) electrons. The summed E-state index contributed by atoms with van der Waals surface area (Å²) in [5.41, 5.74) is 0.676. The number of amides is 1. The van der Waals surface area contributed by atoms with Crippen LogP contribution in [0.25, 0.3) is 0 Å². The van der Waals surface area contributed by atoms with E-state index in [0.29, 0.717) is 5.56 Å². The zero-order valence-electron chi connectivity index (χ0n) is 10.8. The van der Waals surface area contributed by atoms with E-state index in [-0.39, 0.29) is 24.3 Å². The minimum absolute atomic E-state index is 0.0396. The SMILES string of the molecule is O=C(O)CC1CCC(NC(=O)c2ccccc2)CC1. The number of carboxylic acid groups (broad SMARTS) is 1. The molecule has 4 heteroatoms. The van der Waals surface area contributed by atoms with E-state index >= 15 is 0 Å². The fourth-order valence-corrected chi connectivity index (χ4v) is 2.62. The van der Waals surface area contributed by atoms with Gasteiger partial charge >= 0.3 is 5.97 Å². The van der Waals surface area contributed by atoms with Gasteiger partial charge in [-0.05, 0) is 43.7 Å². The van der Waals surface area contributed by atoms with Crippen LogP contribution in [-0.2, 0) is 4.79 Å². The van der Waals surface area contributed by atoms with Crippen molar-refractivity contribution in [3.05, 3.63) is 35.9 Å². The maximum absolute atomic E-state index is 12.0. The van der Waals surface area contributed by atoms with Gasteiger partial charge in [0.2, 0.25) is 0 Å². The van der Waals surface area contributed by atoms with Crippen LogP contribution < -0.4 is 5.32 Å².